The zero-order valence-electron chi connectivity index (χ0n) is 10.5. The number of hydrogen-bond donors (Lipinski definition) is 1. The van der Waals surface area contributed by atoms with Crippen LogP contribution in [0.1, 0.15) is 25.6 Å². The fraction of sp³-hybridized carbons (Fsp3) is 0.667. The van der Waals surface area contributed by atoms with Gasteiger partial charge in [0.15, 0.2) is 0 Å². The first-order valence-electron chi connectivity index (χ1n) is 6.20. The Kier molecular flexibility index (Phi) is 4.28. The number of aromatic nitrogens is 2. The molecule has 0 amide bonds. The van der Waals surface area contributed by atoms with Crippen molar-refractivity contribution in [2.75, 3.05) is 32.8 Å². The topological polar surface area (TPSA) is 50.3 Å². The Morgan fingerprint density at radius 2 is 2.18 bits per heavy atom. The molecular weight excluding hydrogens is 216 g/mol. The minimum absolute atomic E-state index is 0.319. The number of ether oxygens (including phenoxy) is 1. The van der Waals surface area contributed by atoms with Crippen molar-refractivity contribution in [2.45, 2.75) is 19.9 Å². The lowest BCUT2D eigenvalue weighted by Gasteiger charge is -2.32. The van der Waals surface area contributed by atoms with E-state index in [-0.39, 0.29) is 0 Å². The average molecular weight is 236 g/mol. The van der Waals surface area contributed by atoms with E-state index in [9.17, 15) is 0 Å². The van der Waals surface area contributed by atoms with Crippen LogP contribution in [0.2, 0.25) is 0 Å². The second-order valence-electron chi connectivity index (χ2n) is 4.18. The summed E-state index contributed by atoms with van der Waals surface area (Å²) >= 11 is 0. The first-order chi connectivity index (χ1) is 8.31. The third-order valence-electron chi connectivity index (χ3n) is 3.08. The monoisotopic (exact) mass is 236 g/mol. The van der Waals surface area contributed by atoms with Gasteiger partial charge in [0.05, 0.1) is 12.3 Å². The molecule has 0 saturated carbocycles. The lowest BCUT2D eigenvalue weighted by Crippen LogP contribution is -2.44. The molecule has 0 aliphatic carbocycles. The Morgan fingerprint density at radius 1 is 1.41 bits per heavy atom. The minimum atomic E-state index is 0.319. The summed E-state index contributed by atoms with van der Waals surface area (Å²) in [5.41, 5.74) is 1.03. The molecule has 94 valence electrons. The van der Waals surface area contributed by atoms with Crippen LogP contribution in [0.15, 0.2) is 12.4 Å². The zero-order valence-corrected chi connectivity index (χ0v) is 10.5. The van der Waals surface area contributed by atoms with Gasteiger partial charge in [0.25, 0.3) is 0 Å². The lowest BCUT2D eigenvalue weighted by molar-refractivity contribution is 0.182. The van der Waals surface area contributed by atoms with Crippen molar-refractivity contribution < 1.29 is 4.74 Å². The van der Waals surface area contributed by atoms with Crippen LogP contribution in [0.5, 0.6) is 5.88 Å². The Labute approximate surface area is 102 Å². The van der Waals surface area contributed by atoms with Crippen LogP contribution >= 0.6 is 0 Å². The summed E-state index contributed by atoms with van der Waals surface area (Å²) in [6.07, 6.45) is 1.58. The van der Waals surface area contributed by atoms with E-state index in [4.69, 9.17) is 4.74 Å². The van der Waals surface area contributed by atoms with E-state index < -0.39 is 0 Å². The molecule has 1 fully saturated rings. The highest BCUT2D eigenvalue weighted by Crippen LogP contribution is 2.20. The van der Waals surface area contributed by atoms with Gasteiger partial charge < -0.3 is 10.1 Å². The van der Waals surface area contributed by atoms with Gasteiger partial charge in [-0.25, -0.2) is 9.97 Å². The molecule has 0 radical (unpaired) electrons. The van der Waals surface area contributed by atoms with Crippen molar-refractivity contribution in [1.82, 2.24) is 20.2 Å². The Balaban J connectivity index is 2.06. The van der Waals surface area contributed by atoms with Crippen LogP contribution in [0, 0.1) is 0 Å². The SMILES string of the molecule is CCOc1cc(C(C)N2CCNCC2)ncn1. The minimum Gasteiger partial charge on any atom is -0.478 e. The Hall–Kier alpha value is -1.20. The molecular formula is C12H20N4O. The number of nitrogens with zero attached hydrogens (tertiary/aromatic N) is 3. The fourth-order valence-corrected chi connectivity index (χ4v) is 2.07. The molecule has 5 nitrogen and oxygen atoms in total. The van der Waals surface area contributed by atoms with E-state index in [0.29, 0.717) is 18.5 Å². The van der Waals surface area contributed by atoms with E-state index in [1.54, 1.807) is 6.33 Å². The van der Waals surface area contributed by atoms with Crippen molar-refractivity contribution in [3.63, 3.8) is 0 Å². The molecule has 0 aromatic carbocycles. The van der Waals surface area contributed by atoms with Gasteiger partial charge in [-0.1, -0.05) is 0 Å². The van der Waals surface area contributed by atoms with Crippen molar-refractivity contribution in [3.8, 4) is 5.88 Å². The zero-order chi connectivity index (χ0) is 12.1. The largest absolute Gasteiger partial charge is 0.478 e. The van der Waals surface area contributed by atoms with E-state index in [2.05, 4.69) is 27.1 Å². The highest BCUT2D eigenvalue weighted by Gasteiger charge is 2.19. The summed E-state index contributed by atoms with van der Waals surface area (Å²) < 4.78 is 5.40. The number of hydrogen-bond acceptors (Lipinski definition) is 5. The van der Waals surface area contributed by atoms with Crippen molar-refractivity contribution in [3.05, 3.63) is 18.1 Å². The van der Waals surface area contributed by atoms with Crippen LogP contribution < -0.4 is 10.1 Å². The maximum absolute atomic E-state index is 5.40. The van der Waals surface area contributed by atoms with Gasteiger partial charge >= 0.3 is 0 Å². The van der Waals surface area contributed by atoms with Crippen molar-refractivity contribution in [2.24, 2.45) is 0 Å². The van der Waals surface area contributed by atoms with Crippen molar-refractivity contribution >= 4 is 0 Å². The Morgan fingerprint density at radius 3 is 2.88 bits per heavy atom. The molecule has 5 heteroatoms. The Bertz CT molecular complexity index is 352. The molecule has 0 spiro atoms. The standard InChI is InChI=1S/C12H20N4O/c1-3-17-12-8-11(14-9-15-12)10(2)16-6-4-13-5-7-16/h8-10,13H,3-7H2,1-2H3. The van der Waals surface area contributed by atoms with Crippen molar-refractivity contribution in [1.29, 1.82) is 0 Å². The summed E-state index contributed by atoms with van der Waals surface area (Å²) in [5, 5.41) is 3.35. The van der Waals surface area contributed by atoms with Crippen LogP contribution in [0.25, 0.3) is 0 Å². The lowest BCUT2D eigenvalue weighted by atomic mass is 10.1. The summed E-state index contributed by atoms with van der Waals surface area (Å²) in [6, 6.07) is 2.26. The van der Waals surface area contributed by atoms with Gasteiger partial charge in [-0.05, 0) is 13.8 Å². The first kappa shape index (κ1) is 12.3. The summed E-state index contributed by atoms with van der Waals surface area (Å²) in [6.45, 7) is 9.01. The van der Waals surface area contributed by atoms with Gasteiger partial charge in [0.1, 0.15) is 6.33 Å². The summed E-state index contributed by atoms with van der Waals surface area (Å²) in [7, 11) is 0. The highest BCUT2D eigenvalue weighted by molar-refractivity contribution is 5.16. The molecule has 1 N–H and O–H groups in total. The number of piperazine rings is 1. The van der Waals surface area contributed by atoms with Gasteiger partial charge in [-0.3, -0.25) is 4.90 Å². The second kappa shape index (κ2) is 5.93. The summed E-state index contributed by atoms with van der Waals surface area (Å²) in [5.74, 6) is 0.666. The van der Waals surface area contributed by atoms with E-state index >= 15 is 0 Å². The normalized spacial score (nSPS) is 18.9. The third kappa shape index (κ3) is 3.14. The van der Waals surface area contributed by atoms with Gasteiger partial charge in [-0.15, -0.1) is 0 Å². The molecule has 1 aliphatic heterocycles. The van der Waals surface area contributed by atoms with Gasteiger partial charge in [0, 0.05) is 38.3 Å². The molecule has 1 aliphatic rings. The highest BCUT2D eigenvalue weighted by atomic mass is 16.5. The summed E-state index contributed by atoms with van der Waals surface area (Å²) in [4.78, 5) is 10.9. The number of nitrogens with one attached hydrogen (secondary N) is 1. The van der Waals surface area contributed by atoms with Crippen LogP contribution in [-0.2, 0) is 0 Å². The molecule has 2 heterocycles. The van der Waals surface area contributed by atoms with E-state index in [1.165, 1.54) is 0 Å². The van der Waals surface area contributed by atoms with Gasteiger partial charge in [-0.2, -0.15) is 0 Å². The quantitative estimate of drug-likeness (QED) is 0.839. The molecule has 1 saturated heterocycles. The maximum Gasteiger partial charge on any atom is 0.216 e. The third-order valence-corrected chi connectivity index (χ3v) is 3.08. The molecule has 1 aromatic rings. The van der Waals surface area contributed by atoms with Crippen LogP contribution in [0.3, 0.4) is 0 Å². The number of rotatable bonds is 4. The molecule has 1 unspecified atom stereocenters. The first-order valence-corrected chi connectivity index (χ1v) is 6.20. The average Bonchev–Trinajstić information content (AvgIpc) is 2.40. The molecule has 2 rings (SSSR count). The fourth-order valence-electron chi connectivity index (χ4n) is 2.07. The van der Waals surface area contributed by atoms with Gasteiger partial charge in [0.2, 0.25) is 5.88 Å². The molecule has 0 bridgehead atoms. The molecule has 17 heavy (non-hydrogen) atoms. The molecule has 1 atom stereocenters. The van der Waals surface area contributed by atoms with E-state index in [1.807, 2.05) is 13.0 Å². The maximum atomic E-state index is 5.40. The molecule has 1 aromatic heterocycles. The predicted octanol–water partition coefficient (Wildman–Crippen LogP) is 0.841. The second-order valence-corrected chi connectivity index (χ2v) is 4.18. The van der Waals surface area contributed by atoms with Crippen LogP contribution in [0.4, 0.5) is 0 Å². The smallest absolute Gasteiger partial charge is 0.216 e. The van der Waals surface area contributed by atoms with E-state index in [0.717, 1.165) is 31.9 Å². The van der Waals surface area contributed by atoms with Crippen LogP contribution in [-0.4, -0.2) is 47.7 Å². The predicted molar refractivity (Wildman–Crippen MR) is 66.1 cm³/mol.